The molecule has 2 aromatic heterocycles. The van der Waals surface area contributed by atoms with E-state index in [-0.39, 0.29) is 11.7 Å². The molecule has 0 saturated carbocycles. The highest BCUT2D eigenvalue weighted by atomic mass is 32.2. The van der Waals surface area contributed by atoms with E-state index in [4.69, 9.17) is 12.2 Å². The number of hydrogen-bond donors (Lipinski definition) is 1. The topological polar surface area (TPSA) is 72.7 Å². The highest BCUT2D eigenvalue weighted by Crippen LogP contribution is 2.23. The second-order valence-electron chi connectivity index (χ2n) is 5.22. The summed E-state index contributed by atoms with van der Waals surface area (Å²) in [6.07, 6.45) is 0.716. The van der Waals surface area contributed by atoms with Crippen molar-refractivity contribution < 1.29 is 8.42 Å². The van der Waals surface area contributed by atoms with Gasteiger partial charge in [0, 0.05) is 13.6 Å². The van der Waals surface area contributed by atoms with Crippen LogP contribution in [0.1, 0.15) is 12.1 Å². The van der Waals surface area contributed by atoms with Crippen LogP contribution in [0.3, 0.4) is 0 Å². The first-order valence-electron chi connectivity index (χ1n) is 6.20. The van der Waals surface area contributed by atoms with Crippen LogP contribution in [0.5, 0.6) is 0 Å². The van der Waals surface area contributed by atoms with E-state index in [9.17, 15) is 8.42 Å². The second-order valence-corrected chi connectivity index (χ2v) is 7.83. The van der Waals surface area contributed by atoms with Gasteiger partial charge in [0.1, 0.15) is 5.52 Å². The number of sulfone groups is 1. The number of hydrogen-bond acceptors (Lipinski definition) is 4. The lowest BCUT2D eigenvalue weighted by atomic mass is 10.1. The molecule has 0 bridgehead atoms. The summed E-state index contributed by atoms with van der Waals surface area (Å²) in [5.74, 6) is 0.701. The third-order valence-electron chi connectivity index (χ3n) is 3.69. The molecule has 0 radical (unpaired) electrons. The van der Waals surface area contributed by atoms with Crippen LogP contribution in [0.4, 0.5) is 0 Å². The number of nitrogens with zero attached hydrogens (tertiary/aromatic N) is 3. The highest BCUT2D eigenvalue weighted by molar-refractivity contribution is 7.91. The molecule has 0 aromatic carbocycles. The van der Waals surface area contributed by atoms with Crippen LogP contribution < -0.4 is 0 Å². The number of aromatic amines is 1. The van der Waals surface area contributed by atoms with Crippen molar-refractivity contribution >= 4 is 33.2 Å². The SMILES string of the molecule is Cc1nn(C)c2c1[nH]c(=S)n2CC1CCS(=O)(=O)C1. The van der Waals surface area contributed by atoms with Gasteiger partial charge >= 0.3 is 0 Å². The summed E-state index contributed by atoms with van der Waals surface area (Å²) in [6, 6.07) is 0. The molecule has 3 heterocycles. The smallest absolute Gasteiger partial charge is 0.179 e. The van der Waals surface area contributed by atoms with Crippen LogP contribution in [0.2, 0.25) is 0 Å². The molecule has 1 fully saturated rings. The monoisotopic (exact) mass is 300 g/mol. The predicted octanol–water partition coefficient (Wildman–Crippen LogP) is 1.18. The average molecular weight is 300 g/mol. The van der Waals surface area contributed by atoms with Crippen molar-refractivity contribution in [2.75, 3.05) is 11.5 Å². The zero-order valence-electron chi connectivity index (χ0n) is 10.9. The Bertz CT molecular complexity index is 797. The van der Waals surface area contributed by atoms with Crippen molar-refractivity contribution in [3.63, 3.8) is 0 Å². The van der Waals surface area contributed by atoms with Gasteiger partial charge < -0.3 is 9.55 Å². The zero-order valence-corrected chi connectivity index (χ0v) is 12.5. The minimum absolute atomic E-state index is 0.144. The Morgan fingerprint density at radius 2 is 2.26 bits per heavy atom. The molecule has 2 aromatic rings. The van der Waals surface area contributed by atoms with E-state index in [1.54, 1.807) is 4.68 Å². The number of H-pyrrole nitrogens is 1. The van der Waals surface area contributed by atoms with E-state index in [1.807, 2.05) is 18.5 Å². The van der Waals surface area contributed by atoms with Crippen LogP contribution in [0.25, 0.3) is 11.2 Å². The van der Waals surface area contributed by atoms with Crippen molar-refractivity contribution in [2.24, 2.45) is 13.0 Å². The van der Waals surface area contributed by atoms with Gasteiger partial charge in [-0.15, -0.1) is 0 Å². The van der Waals surface area contributed by atoms with Crippen molar-refractivity contribution in [2.45, 2.75) is 19.9 Å². The number of imidazole rings is 1. The molecule has 0 amide bonds. The molecule has 1 N–H and O–H groups in total. The molecule has 6 nitrogen and oxygen atoms in total. The summed E-state index contributed by atoms with van der Waals surface area (Å²) < 4.78 is 27.5. The minimum Gasteiger partial charge on any atom is -0.328 e. The van der Waals surface area contributed by atoms with E-state index < -0.39 is 9.84 Å². The Morgan fingerprint density at radius 1 is 1.53 bits per heavy atom. The van der Waals surface area contributed by atoms with Gasteiger partial charge in [0.2, 0.25) is 0 Å². The van der Waals surface area contributed by atoms with Gasteiger partial charge in [-0.25, -0.2) is 8.42 Å². The second kappa shape index (κ2) is 4.17. The van der Waals surface area contributed by atoms with Gasteiger partial charge in [0.15, 0.2) is 20.3 Å². The van der Waals surface area contributed by atoms with Crippen molar-refractivity contribution in [1.82, 2.24) is 19.3 Å². The fourth-order valence-electron chi connectivity index (χ4n) is 2.82. The van der Waals surface area contributed by atoms with E-state index in [0.717, 1.165) is 16.9 Å². The number of fused-ring (bicyclic) bond motifs is 1. The molecule has 3 rings (SSSR count). The van der Waals surface area contributed by atoms with E-state index in [2.05, 4.69) is 10.1 Å². The lowest BCUT2D eigenvalue weighted by Crippen LogP contribution is -2.14. The number of rotatable bonds is 2. The zero-order chi connectivity index (χ0) is 13.8. The first-order valence-corrected chi connectivity index (χ1v) is 8.43. The summed E-state index contributed by atoms with van der Waals surface area (Å²) in [5.41, 5.74) is 2.78. The number of aryl methyl sites for hydroxylation is 2. The summed E-state index contributed by atoms with van der Waals surface area (Å²) in [4.78, 5) is 3.16. The fraction of sp³-hybridized carbons (Fsp3) is 0.636. The molecule has 1 atom stereocenters. The Kier molecular flexibility index (Phi) is 2.82. The standard InChI is InChI=1S/C11H16N4O2S2/c1-7-9-10(14(2)13-7)15(11(18)12-9)5-8-3-4-19(16,17)6-8/h8H,3-6H2,1-2H3,(H,12,18). The first-order chi connectivity index (χ1) is 8.87. The Hall–Kier alpha value is -1.15. The Balaban J connectivity index is 2.02. The quantitative estimate of drug-likeness (QED) is 0.845. The lowest BCUT2D eigenvalue weighted by Gasteiger charge is -2.09. The third kappa shape index (κ3) is 2.12. The van der Waals surface area contributed by atoms with E-state index in [1.165, 1.54) is 0 Å². The fourth-order valence-corrected chi connectivity index (χ4v) is 4.93. The molecule has 1 unspecified atom stereocenters. The average Bonchev–Trinajstić information content (AvgIpc) is 2.88. The van der Waals surface area contributed by atoms with Gasteiger partial charge in [0.05, 0.1) is 17.2 Å². The number of nitrogens with one attached hydrogen (secondary N) is 1. The van der Waals surface area contributed by atoms with Crippen molar-refractivity contribution in [1.29, 1.82) is 0 Å². The maximum absolute atomic E-state index is 11.5. The molecular formula is C11H16N4O2S2. The Labute approximate surface area is 116 Å². The normalized spacial score (nSPS) is 22.3. The molecular weight excluding hydrogens is 284 g/mol. The van der Waals surface area contributed by atoms with Gasteiger partial charge in [-0.05, 0) is 31.5 Å². The van der Waals surface area contributed by atoms with Gasteiger partial charge in [-0.1, -0.05) is 0 Å². The minimum atomic E-state index is -2.85. The van der Waals surface area contributed by atoms with Gasteiger partial charge in [-0.3, -0.25) is 4.68 Å². The summed E-state index contributed by atoms with van der Waals surface area (Å²) in [6.45, 7) is 2.56. The predicted molar refractivity (Wildman–Crippen MR) is 75.4 cm³/mol. The highest BCUT2D eigenvalue weighted by Gasteiger charge is 2.29. The Morgan fingerprint density at radius 3 is 2.89 bits per heavy atom. The molecule has 8 heteroatoms. The van der Waals surface area contributed by atoms with Crippen LogP contribution in [0, 0.1) is 17.6 Å². The van der Waals surface area contributed by atoms with Crippen LogP contribution in [0.15, 0.2) is 0 Å². The van der Waals surface area contributed by atoms with Crippen LogP contribution in [-0.4, -0.2) is 39.3 Å². The summed E-state index contributed by atoms with van der Waals surface area (Å²) in [5, 5.41) is 4.36. The molecule has 1 saturated heterocycles. The largest absolute Gasteiger partial charge is 0.328 e. The van der Waals surface area contributed by atoms with Gasteiger partial charge in [0.25, 0.3) is 0 Å². The first kappa shape index (κ1) is 12.9. The van der Waals surface area contributed by atoms with Crippen molar-refractivity contribution in [3.8, 4) is 0 Å². The summed E-state index contributed by atoms with van der Waals surface area (Å²) >= 11 is 5.33. The lowest BCUT2D eigenvalue weighted by molar-refractivity contribution is 0.489. The maximum atomic E-state index is 11.5. The number of aromatic nitrogens is 4. The summed E-state index contributed by atoms with van der Waals surface area (Å²) in [7, 11) is -0.975. The molecule has 1 aliphatic rings. The maximum Gasteiger partial charge on any atom is 0.179 e. The van der Waals surface area contributed by atoms with Crippen LogP contribution >= 0.6 is 12.2 Å². The molecule has 104 valence electrons. The van der Waals surface area contributed by atoms with Crippen molar-refractivity contribution in [3.05, 3.63) is 10.5 Å². The van der Waals surface area contributed by atoms with E-state index in [0.29, 0.717) is 23.5 Å². The van der Waals surface area contributed by atoms with E-state index >= 15 is 0 Å². The van der Waals surface area contributed by atoms with Crippen LogP contribution in [-0.2, 0) is 23.4 Å². The van der Waals surface area contributed by atoms with Gasteiger partial charge in [-0.2, -0.15) is 5.10 Å². The molecule has 1 aliphatic heterocycles. The third-order valence-corrected chi connectivity index (χ3v) is 5.85. The molecule has 19 heavy (non-hydrogen) atoms. The molecule has 0 aliphatic carbocycles. The molecule has 0 spiro atoms.